The molecule has 1 fully saturated rings. The van der Waals surface area contributed by atoms with Crippen LogP contribution in [0, 0.1) is 6.92 Å². The number of pyridine rings is 2. The van der Waals surface area contributed by atoms with Crippen LogP contribution in [-0.2, 0) is 0 Å². The largest absolute Gasteiger partial charge is 0.490 e. The molecule has 1 atom stereocenters. The van der Waals surface area contributed by atoms with Crippen LogP contribution in [-0.4, -0.2) is 54.4 Å². The maximum absolute atomic E-state index is 6.19. The van der Waals surface area contributed by atoms with Crippen LogP contribution in [0.25, 0.3) is 0 Å². The fraction of sp³-hybridized carbons (Fsp3) is 0.524. The first-order chi connectivity index (χ1) is 13.6. The zero-order valence-corrected chi connectivity index (χ0v) is 16.7. The molecule has 150 valence electrons. The van der Waals surface area contributed by atoms with Crippen molar-refractivity contribution < 1.29 is 18.9 Å². The van der Waals surface area contributed by atoms with E-state index in [0.717, 1.165) is 48.8 Å². The Morgan fingerprint density at radius 3 is 2.68 bits per heavy atom. The minimum atomic E-state index is 0.197. The number of rotatable bonds is 5. The van der Waals surface area contributed by atoms with Gasteiger partial charge in [-0.05, 0) is 38.8 Å². The molecule has 1 unspecified atom stereocenters. The fourth-order valence-corrected chi connectivity index (χ4v) is 3.72. The summed E-state index contributed by atoms with van der Waals surface area (Å²) in [5.74, 6) is 2.75. The van der Waals surface area contributed by atoms with Gasteiger partial charge >= 0.3 is 0 Å². The van der Waals surface area contributed by atoms with Gasteiger partial charge in [0.05, 0.1) is 12.8 Å². The molecule has 2 aromatic heterocycles. The third-order valence-corrected chi connectivity index (χ3v) is 5.29. The number of hydrogen-bond donors (Lipinski definition) is 0. The zero-order valence-electron chi connectivity index (χ0n) is 16.7. The van der Waals surface area contributed by atoms with E-state index in [-0.39, 0.29) is 12.1 Å². The standard InChI is InChI=1S/C21H27N3O4/c1-14-12-17(13-20(22-14)25-3)28-16-6-8-24(9-7-16)15(2)18-4-5-19-21(23-18)27-11-10-26-19/h4-5,12-13,15-16H,6-11H2,1-3H3. The molecular weight excluding hydrogens is 358 g/mol. The number of hydrogen-bond acceptors (Lipinski definition) is 7. The maximum Gasteiger partial charge on any atom is 0.257 e. The van der Waals surface area contributed by atoms with Crippen LogP contribution in [0.15, 0.2) is 24.3 Å². The molecule has 0 N–H and O–H groups in total. The van der Waals surface area contributed by atoms with Gasteiger partial charge in [-0.25, -0.2) is 9.97 Å². The van der Waals surface area contributed by atoms with Crippen molar-refractivity contribution in [1.29, 1.82) is 0 Å². The second-order valence-corrected chi connectivity index (χ2v) is 7.25. The molecule has 0 aromatic carbocycles. The Balaban J connectivity index is 1.35. The van der Waals surface area contributed by atoms with E-state index in [4.69, 9.17) is 18.9 Å². The normalized spacial score (nSPS) is 18.5. The van der Waals surface area contributed by atoms with E-state index < -0.39 is 0 Å². The highest BCUT2D eigenvalue weighted by molar-refractivity contribution is 5.36. The third-order valence-electron chi connectivity index (χ3n) is 5.29. The Kier molecular flexibility index (Phi) is 5.52. The summed E-state index contributed by atoms with van der Waals surface area (Å²) in [4.78, 5) is 11.4. The Bertz CT molecular complexity index is 821. The monoisotopic (exact) mass is 385 g/mol. The SMILES string of the molecule is COc1cc(OC2CCN(C(C)c3ccc4c(n3)OCCO4)CC2)cc(C)n1. The van der Waals surface area contributed by atoms with Gasteiger partial charge in [-0.3, -0.25) is 4.90 Å². The van der Waals surface area contributed by atoms with Crippen LogP contribution in [0.5, 0.6) is 23.3 Å². The number of fused-ring (bicyclic) bond motifs is 1. The summed E-state index contributed by atoms with van der Waals surface area (Å²) < 4.78 is 22.6. The van der Waals surface area contributed by atoms with E-state index in [1.807, 2.05) is 31.2 Å². The molecular formula is C21H27N3O4. The van der Waals surface area contributed by atoms with Crippen molar-refractivity contribution in [3.05, 3.63) is 35.7 Å². The molecule has 0 spiro atoms. The highest BCUT2D eigenvalue weighted by Crippen LogP contribution is 2.32. The van der Waals surface area contributed by atoms with Crippen molar-refractivity contribution >= 4 is 0 Å². The van der Waals surface area contributed by atoms with Crippen LogP contribution in [0.3, 0.4) is 0 Å². The molecule has 7 nitrogen and oxygen atoms in total. The van der Waals surface area contributed by atoms with Crippen LogP contribution in [0.4, 0.5) is 0 Å². The molecule has 7 heteroatoms. The van der Waals surface area contributed by atoms with Crippen LogP contribution in [0.2, 0.25) is 0 Å². The third kappa shape index (κ3) is 4.14. The molecule has 2 aliphatic heterocycles. The Hall–Kier alpha value is -2.54. The zero-order chi connectivity index (χ0) is 19.5. The smallest absolute Gasteiger partial charge is 0.257 e. The van der Waals surface area contributed by atoms with Gasteiger partial charge < -0.3 is 18.9 Å². The first-order valence-corrected chi connectivity index (χ1v) is 9.82. The average Bonchev–Trinajstić information content (AvgIpc) is 2.73. The van der Waals surface area contributed by atoms with Gasteiger partial charge in [-0.2, -0.15) is 0 Å². The first kappa shape index (κ1) is 18.8. The van der Waals surface area contributed by atoms with Gasteiger partial charge in [0.2, 0.25) is 5.88 Å². The summed E-state index contributed by atoms with van der Waals surface area (Å²) in [5, 5.41) is 0. The lowest BCUT2D eigenvalue weighted by Gasteiger charge is -2.36. The van der Waals surface area contributed by atoms with Crippen molar-refractivity contribution in [3.8, 4) is 23.3 Å². The summed E-state index contributed by atoms with van der Waals surface area (Å²) in [6.07, 6.45) is 2.14. The highest BCUT2D eigenvalue weighted by Gasteiger charge is 2.26. The van der Waals surface area contributed by atoms with E-state index in [0.29, 0.717) is 25.0 Å². The van der Waals surface area contributed by atoms with Crippen molar-refractivity contribution in [2.24, 2.45) is 0 Å². The van der Waals surface area contributed by atoms with Crippen LogP contribution in [0.1, 0.15) is 37.2 Å². The molecule has 0 radical (unpaired) electrons. The predicted octanol–water partition coefficient (Wildman–Crippen LogP) is 3.17. The summed E-state index contributed by atoms with van der Waals surface area (Å²) >= 11 is 0. The van der Waals surface area contributed by atoms with E-state index in [9.17, 15) is 0 Å². The number of methoxy groups -OCH3 is 1. The number of aromatic nitrogens is 2. The summed E-state index contributed by atoms with van der Waals surface area (Å²) in [6, 6.07) is 8.02. The van der Waals surface area contributed by atoms with Crippen molar-refractivity contribution in [2.75, 3.05) is 33.4 Å². The van der Waals surface area contributed by atoms with Gasteiger partial charge in [0.15, 0.2) is 5.75 Å². The number of aryl methyl sites for hydroxylation is 1. The second-order valence-electron chi connectivity index (χ2n) is 7.25. The summed E-state index contributed by atoms with van der Waals surface area (Å²) in [6.45, 7) is 7.20. The minimum Gasteiger partial charge on any atom is -0.490 e. The molecule has 1 saturated heterocycles. The Labute approximate surface area is 165 Å². The molecule has 4 rings (SSSR count). The minimum absolute atomic E-state index is 0.197. The number of piperidine rings is 1. The molecule has 2 aromatic rings. The maximum atomic E-state index is 6.19. The lowest BCUT2D eigenvalue weighted by Crippen LogP contribution is -2.39. The second kappa shape index (κ2) is 8.22. The molecule has 0 bridgehead atoms. The Morgan fingerprint density at radius 2 is 1.89 bits per heavy atom. The van der Waals surface area contributed by atoms with Crippen molar-refractivity contribution in [2.45, 2.75) is 38.8 Å². The van der Waals surface area contributed by atoms with Crippen LogP contribution < -0.4 is 18.9 Å². The summed E-state index contributed by atoms with van der Waals surface area (Å²) in [7, 11) is 1.62. The van der Waals surface area contributed by atoms with E-state index >= 15 is 0 Å². The molecule has 2 aliphatic rings. The highest BCUT2D eigenvalue weighted by atomic mass is 16.6. The fourth-order valence-electron chi connectivity index (χ4n) is 3.72. The van der Waals surface area contributed by atoms with E-state index in [1.54, 1.807) is 7.11 Å². The van der Waals surface area contributed by atoms with Gasteiger partial charge in [-0.1, -0.05) is 0 Å². The molecule has 0 aliphatic carbocycles. The topological polar surface area (TPSA) is 65.9 Å². The van der Waals surface area contributed by atoms with Gasteiger partial charge in [0.1, 0.15) is 25.1 Å². The number of nitrogens with zero attached hydrogens (tertiary/aromatic N) is 3. The van der Waals surface area contributed by atoms with Gasteiger partial charge in [0.25, 0.3) is 5.88 Å². The molecule has 28 heavy (non-hydrogen) atoms. The lowest BCUT2D eigenvalue weighted by molar-refractivity contribution is 0.0778. The number of likely N-dealkylation sites (tertiary alicyclic amines) is 1. The predicted molar refractivity (Wildman–Crippen MR) is 104 cm³/mol. The molecule has 0 saturated carbocycles. The Morgan fingerprint density at radius 1 is 1.11 bits per heavy atom. The van der Waals surface area contributed by atoms with Gasteiger partial charge in [-0.15, -0.1) is 0 Å². The molecule has 4 heterocycles. The average molecular weight is 385 g/mol. The first-order valence-electron chi connectivity index (χ1n) is 9.82. The van der Waals surface area contributed by atoms with Crippen molar-refractivity contribution in [3.63, 3.8) is 0 Å². The van der Waals surface area contributed by atoms with Crippen LogP contribution >= 0.6 is 0 Å². The lowest BCUT2D eigenvalue weighted by atomic mass is 10.0. The van der Waals surface area contributed by atoms with Crippen molar-refractivity contribution in [1.82, 2.24) is 14.9 Å². The quantitative estimate of drug-likeness (QED) is 0.783. The summed E-state index contributed by atoms with van der Waals surface area (Å²) in [5.41, 5.74) is 1.91. The van der Waals surface area contributed by atoms with E-state index in [2.05, 4.69) is 21.8 Å². The van der Waals surface area contributed by atoms with Gasteiger partial charge in [0, 0.05) is 37.0 Å². The van der Waals surface area contributed by atoms with E-state index in [1.165, 1.54) is 0 Å². The molecule has 0 amide bonds. The number of ether oxygens (including phenoxy) is 4.